The number of rotatable bonds is 9. The summed E-state index contributed by atoms with van der Waals surface area (Å²) in [7, 11) is 1.56. The number of hydrazine groups is 1. The van der Waals surface area contributed by atoms with Crippen LogP contribution in [0.15, 0.2) is 60.7 Å². The average Bonchev–Trinajstić information content (AvgIpc) is 3.61. The molecule has 0 bridgehead atoms. The van der Waals surface area contributed by atoms with Gasteiger partial charge in [-0.15, -0.1) is 0 Å². The highest BCUT2D eigenvalue weighted by molar-refractivity contribution is 7.22. The number of anilines is 1. The molecule has 6 rings (SSSR count). The number of para-hydroxylation sites is 1. The standard InChI is InChI=1S/C32H32N8O6S/c1-46-22-8-5-19(6-9-22)15-35-32(45)38(12-11-33)39-18-28(43)40-23(13-20-7-10-24(41)25(42)14-20)30(44)37(17-27(39)40)16-21-3-2-4-26-29(21)36-31(34)47-26/h2-10,14,23,27,41-42H,12-13,15-18H2,1H3,(H2,34,36)(H,35,45)/t23-,27+/m0/s1. The van der Waals surface area contributed by atoms with Gasteiger partial charge in [0.25, 0.3) is 0 Å². The first-order valence-corrected chi connectivity index (χ1v) is 15.5. The molecule has 2 aliphatic heterocycles. The molecule has 4 amide bonds. The maximum absolute atomic E-state index is 14.2. The molecule has 0 spiro atoms. The highest BCUT2D eigenvalue weighted by Crippen LogP contribution is 2.33. The van der Waals surface area contributed by atoms with Crippen LogP contribution in [0, 0.1) is 11.3 Å². The van der Waals surface area contributed by atoms with Gasteiger partial charge in [-0.05, 0) is 47.0 Å². The summed E-state index contributed by atoms with van der Waals surface area (Å²) in [6.07, 6.45) is -0.745. The number of nitrogens with zero attached hydrogens (tertiary/aromatic N) is 6. The lowest BCUT2D eigenvalue weighted by atomic mass is 9.99. The maximum Gasteiger partial charge on any atom is 0.333 e. The number of aromatic nitrogens is 1. The number of nitrogen functional groups attached to an aromatic ring is 1. The van der Waals surface area contributed by atoms with Crippen LogP contribution in [0.25, 0.3) is 10.2 Å². The highest BCUT2D eigenvalue weighted by Gasteiger charge is 2.52. The third kappa shape index (κ3) is 6.28. The minimum Gasteiger partial charge on any atom is -0.504 e. The van der Waals surface area contributed by atoms with E-state index in [2.05, 4.69) is 10.3 Å². The summed E-state index contributed by atoms with van der Waals surface area (Å²) < 4.78 is 6.06. The molecular weight excluding hydrogens is 624 g/mol. The van der Waals surface area contributed by atoms with E-state index in [4.69, 9.17) is 10.5 Å². The van der Waals surface area contributed by atoms with Gasteiger partial charge in [-0.3, -0.25) is 9.59 Å². The number of fused-ring (bicyclic) bond motifs is 2. The minimum atomic E-state index is -0.999. The van der Waals surface area contributed by atoms with Crippen molar-refractivity contribution in [3.05, 3.63) is 77.4 Å². The smallest absolute Gasteiger partial charge is 0.333 e. The molecule has 47 heavy (non-hydrogen) atoms. The number of hydrogen-bond acceptors (Lipinski definition) is 11. The number of nitrogens with one attached hydrogen (secondary N) is 1. The molecule has 4 aromatic rings. The number of thiazole rings is 1. The largest absolute Gasteiger partial charge is 0.504 e. The Morgan fingerprint density at radius 3 is 2.64 bits per heavy atom. The lowest BCUT2D eigenvalue weighted by molar-refractivity contribution is -0.157. The Bertz CT molecular complexity index is 1880. The lowest BCUT2D eigenvalue weighted by Gasteiger charge is -2.46. The fourth-order valence-electron chi connectivity index (χ4n) is 6.02. The van der Waals surface area contributed by atoms with Crippen LogP contribution in [0.3, 0.4) is 0 Å². The zero-order valence-electron chi connectivity index (χ0n) is 25.4. The van der Waals surface area contributed by atoms with Crippen LogP contribution in [0.2, 0.25) is 0 Å². The van der Waals surface area contributed by atoms with Gasteiger partial charge in [-0.2, -0.15) is 10.3 Å². The number of carbonyl (C=O) groups is 3. The van der Waals surface area contributed by atoms with Gasteiger partial charge in [0.15, 0.2) is 16.6 Å². The highest BCUT2D eigenvalue weighted by atomic mass is 32.1. The summed E-state index contributed by atoms with van der Waals surface area (Å²) in [4.78, 5) is 48.9. The normalized spacial score (nSPS) is 17.9. The van der Waals surface area contributed by atoms with Crippen molar-refractivity contribution in [3.63, 3.8) is 0 Å². The van der Waals surface area contributed by atoms with Gasteiger partial charge in [-0.25, -0.2) is 14.8 Å². The Morgan fingerprint density at radius 2 is 1.91 bits per heavy atom. The Morgan fingerprint density at radius 1 is 1.15 bits per heavy atom. The van der Waals surface area contributed by atoms with Crippen LogP contribution in [0.5, 0.6) is 17.2 Å². The number of nitriles is 1. The molecule has 2 fully saturated rings. The van der Waals surface area contributed by atoms with Crippen molar-refractivity contribution in [3.8, 4) is 23.3 Å². The summed E-state index contributed by atoms with van der Waals surface area (Å²) >= 11 is 1.34. The van der Waals surface area contributed by atoms with Gasteiger partial charge < -0.3 is 35.8 Å². The van der Waals surface area contributed by atoms with Gasteiger partial charge in [-0.1, -0.05) is 41.7 Å². The van der Waals surface area contributed by atoms with Gasteiger partial charge in [0, 0.05) is 19.5 Å². The summed E-state index contributed by atoms with van der Waals surface area (Å²) in [6.45, 7) is -0.206. The number of urea groups is 1. The molecule has 2 aliphatic rings. The van der Waals surface area contributed by atoms with Crippen LogP contribution in [-0.2, 0) is 29.1 Å². The predicted octanol–water partition coefficient (Wildman–Crippen LogP) is 2.37. The van der Waals surface area contributed by atoms with E-state index in [1.54, 1.807) is 30.2 Å². The summed E-state index contributed by atoms with van der Waals surface area (Å²) in [5.41, 5.74) is 8.74. The fourth-order valence-corrected chi connectivity index (χ4v) is 6.81. The third-order valence-corrected chi connectivity index (χ3v) is 9.13. The second kappa shape index (κ2) is 13.0. The summed E-state index contributed by atoms with van der Waals surface area (Å²) in [5, 5.41) is 35.6. The fraction of sp³-hybridized carbons (Fsp3) is 0.281. The van der Waals surface area contributed by atoms with Gasteiger partial charge in [0.05, 0.1) is 36.5 Å². The van der Waals surface area contributed by atoms with E-state index in [0.29, 0.717) is 22.0 Å². The number of nitrogens with two attached hydrogens (primary N) is 1. The maximum atomic E-state index is 14.2. The van der Waals surface area contributed by atoms with Crippen molar-refractivity contribution in [2.45, 2.75) is 31.7 Å². The first-order chi connectivity index (χ1) is 22.7. The number of benzene rings is 3. The van der Waals surface area contributed by atoms with Crippen LogP contribution in [0.1, 0.15) is 16.7 Å². The van der Waals surface area contributed by atoms with E-state index in [9.17, 15) is 29.9 Å². The van der Waals surface area contributed by atoms with E-state index < -0.39 is 24.1 Å². The number of methoxy groups -OCH3 is 1. The van der Waals surface area contributed by atoms with Crippen molar-refractivity contribution in [2.75, 3.05) is 32.5 Å². The van der Waals surface area contributed by atoms with Crippen molar-refractivity contribution in [2.24, 2.45) is 0 Å². The average molecular weight is 657 g/mol. The van der Waals surface area contributed by atoms with E-state index >= 15 is 0 Å². The number of piperazine rings is 1. The molecular formula is C32H32N8O6S. The lowest BCUT2D eigenvalue weighted by Crippen LogP contribution is -2.66. The molecule has 3 heterocycles. The van der Waals surface area contributed by atoms with E-state index in [1.807, 2.05) is 36.4 Å². The number of ether oxygens (including phenoxy) is 1. The molecule has 2 saturated heterocycles. The van der Waals surface area contributed by atoms with E-state index in [1.165, 1.54) is 38.4 Å². The molecule has 1 aromatic heterocycles. The topological polar surface area (TPSA) is 189 Å². The molecule has 0 saturated carbocycles. The van der Waals surface area contributed by atoms with Crippen LogP contribution >= 0.6 is 11.3 Å². The molecule has 2 atom stereocenters. The zero-order chi connectivity index (χ0) is 33.2. The number of hydrogen-bond donors (Lipinski definition) is 4. The summed E-state index contributed by atoms with van der Waals surface area (Å²) in [5.74, 6) is -0.716. The minimum absolute atomic E-state index is 0.0367. The van der Waals surface area contributed by atoms with Crippen molar-refractivity contribution in [1.82, 2.24) is 30.1 Å². The molecule has 5 N–H and O–H groups in total. The van der Waals surface area contributed by atoms with Gasteiger partial charge in [0.1, 0.15) is 24.5 Å². The van der Waals surface area contributed by atoms with Crippen LogP contribution in [0.4, 0.5) is 9.93 Å². The van der Waals surface area contributed by atoms with Gasteiger partial charge >= 0.3 is 6.03 Å². The third-order valence-electron chi connectivity index (χ3n) is 8.28. The van der Waals surface area contributed by atoms with Crippen molar-refractivity contribution < 1.29 is 29.3 Å². The molecule has 3 aromatic carbocycles. The molecule has 242 valence electrons. The van der Waals surface area contributed by atoms with Gasteiger partial charge in [0.2, 0.25) is 11.8 Å². The Kier molecular flexibility index (Phi) is 8.70. The van der Waals surface area contributed by atoms with E-state index in [-0.39, 0.29) is 56.6 Å². The first-order valence-electron chi connectivity index (χ1n) is 14.7. The molecule has 0 radical (unpaired) electrons. The van der Waals surface area contributed by atoms with Crippen LogP contribution < -0.4 is 15.8 Å². The summed E-state index contributed by atoms with van der Waals surface area (Å²) in [6, 6.07) is 17.5. The number of amides is 4. The quantitative estimate of drug-likeness (QED) is 0.154. The molecule has 14 nitrogen and oxygen atoms in total. The molecule has 0 aliphatic carbocycles. The van der Waals surface area contributed by atoms with E-state index in [0.717, 1.165) is 15.8 Å². The second-order valence-electron chi connectivity index (χ2n) is 11.2. The first kappa shape index (κ1) is 31.4. The molecule has 0 unspecified atom stereocenters. The molecule has 15 heteroatoms. The Hall–Kier alpha value is -5.59. The zero-order valence-corrected chi connectivity index (χ0v) is 26.2. The monoisotopic (exact) mass is 656 g/mol. The number of phenolic OH excluding ortho intramolecular Hbond substituents is 2. The predicted molar refractivity (Wildman–Crippen MR) is 172 cm³/mol. The number of carbonyl (C=O) groups excluding carboxylic acids is 3. The second-order valence-corrected chi connectivity index (χ2v) is 12.2. The van der Waals surface area contributed by atoms with Crippen molar-refractivity contribution in [1.29, 1.82) is 5.26 Å². The Labute approximate surface area is 273 Å². The Balaban J connectivity index is 1.31. The number of aromatic hydroxyl groups is 2. The SMILES string of the molecule is COc1ccc(CNC(=O)N(CC#N)N2CC(=O)N3[C@@H](Cc4ccc(O)c(O)c4)C(=O)N(Cc4cccc5sc(N)nc45)C[C@@H]32)cc1. The van der Waals surface area contributed by atoms with Crippen LogP contribution in [-0.4, -0.2) is 91.8 Å². The number of phenols is 2. The van der Waals surface area contributed by atoms with Crippen molar-refractivity contribution >= 4 is 44.5 Å².